The molecule has 0 bridgehead atoms. The third-order valence-electron chi connectivity index (χ3n) is 2.97. The van der Waals surface area contributed by atoms with Gasteiger partial charge in [0.2, 0.25) is 5.91 Å². The quantitative estimate of drug-likeness (QED) is 0.786. The molecule has 2 N–H and O–H groups in total. The van der Waals surface area contributed by atoms with Crippen molar-refractivity contribution in [2.45, 2.75) is 31.6 Å². The summed E-state index contributed by atoms with van der Waals surface area (Å²) in [6.07, 6.45) is -0.308. The Morgan fingerprint density at radius 3 is 2.24 bits per heavy atom. The maximum absolute atomic E-state index is 11.8. The topological polar surface area (TPSA) is 101 Å². The lowest BCUT2D eigenvalue weighted by Gasteiger charge is -2.18. The molecule has 1 unspecified atom stereocenters. The molecule has 0 saturated carbocycles. The first kappa shape index (κ1) is 17.2. The van der Waals surface area contributed by atoms with E-state index >= 15 is 0 Å². The van der Waals surface area contributed by atoms with Crippen molar-refractivity contribution in [2.75, 3.05) is 5.75 Å². The third-order valence-corrected chi connectivity index (χ3v) is 5.07. The molecule has 0 spiro atoms. The SMILES string of the molecule is CC(C)S(=O)(=O)CC(=O)NC(CC(=O)O)c1ccccc1. The highest BCUT2D eigenvalue weighted by Crippen LogP contribution is 2.16. The number of rotatable bonds is 7. The van der Waals surface area contributed by atoms with E-state index in [9.17, 15) is 18.0 Å². The van der Waals surface area contributed by atoms with Crippen LogP contribution in [0.25, 0.3) is 0 Å². The maximum atomic E-state index is 11.8. The number of hydrogen-bond donors (Lipinski definition) is 2. The average molecular weight is 313 g/mol. The van der Waals surface area contributed by atoms with Crippen molar-refractivity contribution in [1.29, 1.82) is 0 Å². The molecule has 21 heavy (non-hydrogen) atoms. The highest BCUT2D eigenvalue weighted by Gasteiger charge is 2.24. The third kappa shape index (κ3) is 5.55. The van der Waals surface area contributed by atoms with Gasteiger partial charge < -0.3 is 10.4 Å². The van der Waals surface area contributed by atoms with Gasteiger partial charge in [-0.1, -0.05) is 30.3 Å². The van der Waals surface area contributed by atoms with Crippen molar-refractivity contribution < 1.29 is 23.1 Å². The molecule has 0 heterocycles. The largest absolute Gasteiger partial charge is 0.481 e. The number of nitrogens with one attached hydrogen (secondary N) is 1. The Morgan fingerprint density at radius 2 is 1.76 bits per heavy atom. The molecule has 1 aromatic carbocycles. The fraction of sp³-hybridized carbons (Fsp3) is 0.429. The molecule has 1 rings (SSSR count). The molecule has 7 heteroatoms. The van der Waals surface area contributed by atoms with Crippen molar-refractivity contribution in [2.24, 2.45) is 0 Å². The number of carbonyl (C=O) groups excluding carboxylic acids is 1. The second kappa shape index (κ2) is 7.21. The number of carboxylic acids is 1. The van der Waals surface area contributed by atoms with Gasteiger partial charge in [-0.2, -0.15) is 0 Å². The van der Waals surface area contributed by atoms with E-state index in [0.29, 0.717) is 5.56 Å². The first-order chi connectivity index (χ1) is 9.72. The first-order valence-electron chi connectivity index (χ1n) is 6.50. The first-order valence-corrected chi connectivity index (χ1v) is 8.21. The summed E-state index contributed by atoms with van der Waals surface area (Å²) in [6.45, 7) is 2.99. The molecular weight excluding hydrogens is 294 g/mol. The number of carbonyl (C=O) groups is 2. The molecule has 0 saturated heterocycles. The maximum Gasteiger partial charge on any atom is 0.305 e. The Labute approximate surface area is 124 Å². The second-order valence-electron chi connectivity index (χ2n) is 4.98. The van der Waals surface area contributed by atoms with E-state index in [-0.39, 0.29) is 6.42 Å². The van der Waals surface area contributed by atoms with Crippen LogP contribution in [0.1, 0.15) is 31.9 Å². The van der Waals surface area contributed by atoms with Crippen molar-refractivity contribution in [3.8, 4) is 0 Å². The predicted octanol–water partition coefficient (Wildman–Crippen LogP) is 1.14. The Kier molecular flexibility index (Phi) is 5.90. The Balaban J connectivity index is 2.83. The molecule has 0 aromatic heterocycles. The second-order valence-corrected chi connectivity index (χ2v) is 7.54. The van der Waals surface area contributed by atoms with E-state index in [2.05, 4.69) is 5.32 Å². The predicted molar refractivity (Wildman–Crippen MR) is 78.5 cm³/mol. The van der Waals surface area contributed by atoms with Gasteiger partial charge in [-0.25, -0.2) is 8.42 Å². The summed E-state index contributed by atoms with van der Waals surface area (Å²) in [5.74, 6) is -2.41. The molecule has 116 valence electrons. The van der Waals surface area contributed by atoms with Gasteiger partial charge in [0.25, 0.3) is 0 Å². The summed E-state index contributed by atoms with van der Waals surface area (Å²) >= 11 is 0. The number of benzene rings is 1. The summed E-state index contributed by atoms with van der Waals surface area (Å²) in [4.78, 5) is 22.7. The number of sulfone groups is 1. The van der Waals surface area contributed by atoms with Crippen molar-refractivity contribution in [3.63, 3.8) is 0 Å². The van der Waals surface area contributed by atoms with Gasteiger partial charge in [0, 0.05) is 0 Å². The van der Waals surface area contributed by atoms with E-state index in [4.69, 9.17) is 5.11 Å². The van der Waals surface area contributed by atoms with Crippen molar-refractivity contribution in [1.82, 2.24) is 5.32 Å². The molecular formula is C14H19NO5S. The van der Waals surface area contributed by atoms with E-state index in [1.165, 1.54) is 13.8 Å². The van der Waals surface area contributed by atoms with Gasteiger partial charge in [0.05, 0.1) is 17.7 Å². The number of hydrogen-bond acceptors (Lipinski definition) is 4. The molecule has 0 aliphatic heterocycles. The molecule has 0 aliphatic rings. The molecule has 6 nitrogen and oxygen atoms in total. The fourth-order valence-electron chi connectivity index (χ4n) is 1.70. The number of amides is 1. The van der Waals surface area contributed by atoms with Crippen LogP contribution >= 0.6 is 0 Å². The molecule has 0 fully saturated rings. The standard InChI is InChI=1S/C14H19NO5S/c1-10(2)21(19,20)9-13(16)15-12(8-14(17)18)11-6-4-3-5-7-11/h3-7,10,12H,8-9H2,1-2H3,(H,15,16)(H,17,18). The molecule has 1 amide bonds. The minimum absolute atomic E-state index is 0.308. The lowest BCUT2D eigenvalue weighted by Crippen LogP contribution is -2.36. The zero-order valence-corrected chi connectivity index (χ0v) is 12.8. The minimum Gasteiger partial charge on any atom is -0.481 e. The van der Waals surface area contributed by atoms with Gasteiger partial charge in [0.1, 0.15) is 5.75 Å². The van der Waals surface area contributed by atoms with Gasteiger partial charge in [-0.3, -0.25) is 9.59 Å². The highest BCUT2D eigenvalue weighted by atomic mass is 32.2. The van der Waals surface area contributed by atoms with Crippen LogP contribution in [0, 0.1) is 0 Å². The van der Waals surface area contributed by atoms with Crippen LogP contribution in [0.5, 0.6) is 0 Å². The van der Waals surface area contributed by atoms with Crippen LogP contribution in [0.15, 0.2) is 30.3 Å². The molecule has 1 aromatic rings. The molecule has 0 aliphatic carbocycles. The summed E-state index contributed by atoms with van der Waals surface area (Å²) in [5, 5.41) is 10.7. The van der Waals surface area contributed by atoms with Crippen molar-refractivity contribution in [3.05, 3.63) is 35.9 Å². The van der Waals surface area contributed by atoms with Gasteiger partial charge in [-0.05, 0) is 19.4 Å². The summed E-state index contributed by atoms with van der Waals surface area (Å²) in [5.41, 5.74) is 0.621. The van der Waals surface area contributed by atoms with E-state index in [1.54, 1.807) is 30.3 Å². The van der Waals surface area contributed by atoms with E-state index in [1.807, 2.05) is 0 Å². The monoisotopic (exact) mass is 313 g/mol. The van der Waals surface area contributed by atoms with E-state index in [0.717, 1.165) is 0 Å². The van der Waals surface area contributed by atoms with Gasteiger partial charge >= 0.3 is 5.97 Å². The smallest absolute Gasteiger partial charge is 0.305 e. The summed E-state index contributed by atoms with van der Waals surface area (Å²) < 4.78 is 23.4. The Hall–Kier alpha value is -1.89. The zero-order chi connectivity index (χ0) is 16.0. The zero-order valence-electron chi connectivity index (χ0n) is 11.9. The summed E-state index contributed by atoms with van der Waals surface area (Å²) in [6, 6.07) is 7.84. The normalized spacial score (nSPS) is 12.9. The van der Waals surface area contributed by atoms with E-state index < -0.39 is 38.8 Å². The van der Waals surface area contributed by atoms with Crippen LogP contribution < -0.4 is 5.32 Å². The lowest BCUT2D eigenvalue weighted by molar-refractivity contribution is -0.137. The van der Waals surface area contributed by atoms with Gasteiger partial charge in [-0.15, -0.1) is 0 Å². The average Bonchev–Trinajstić information content (AvgIpc) is 2.37. The summed E-state index contributed by atoms with van der Waals surface area (Å²) in [7, 11) is -3.51. The number of carboxylic acid groups (broad SMARTS) is 1. The molecule has 1 atom stereocenters. The highest BCUT2D eigenvalue weighted by molar-refractivity contribution is 7.92. The van der Waals surface area contributed by atoms with Crippen LogP contribution in [-0.2, 0) is 19.4 Å². The molecule has 0 radical (unpaired) electrons. The van der Waals surface area contributed by atoms with Crippen LogP contribution in [0.4, 0.5) is 0 Å². The fourth-order valence-corrected chi connectivity index (χ4v) is 2.48. The van der Waals surface area contributed by atoms with Crippen molar-refractivity contribution >= 4 is 21.7 Å². The minimum atomic E-state index is -3.51. The Morgan fingerprint density at radius 1 is 1.19 bits per heavy atom. The lowest BCUT2D eigenvalue weighted by atomic mass is 10.0. The Bertz CT molecular complexity index is 595. The van der Waals surface area contributed by atoms with Gasteiger partial charge in [0.15, 0.2) is 9.84 Å². The number of aliphatic carboxylic acids is 1. The van der Waals surface area contributed by atoms with Crippen LogP contribution in [0.2, 0.25) is 0 Å². The van der Waals surface area contributed by atoms with Crippen LogP contribution in [-0.4, -0.2) is 36.4 Å². The van der Waals surface area contributed by atoms with Crippen LogP contribution in [0.3, 0.4) is 0 Å².